The highest BCUT2D eigenvalue weighted by molar-refractivity contribution is 8.07. The maximum atomic E-state index is 13.2. The van der Waals surface area contributed by atoms with Crippen molar-refractivity contribution in [2.24, 2.45) is 5.16 Å². The van der Waals surface area contributed by atoms with E-state index in [1.807, 2.05) is 0 Å². The molecule has 1 aliphatic rings. The van der Waals surface area contributed by atoms with Crippen LogP contribution in [0.4, 0.5) is 4.79 Å². The summed E-state index contributed by atoms with van der Waals surface area (Å²) in [6.07, 6.45) is 3.99. The Morgan fingerprint density at radius 2 is 1.57 bits per heavy atom. The van der Waals surface area contributed by atoms with Crippen molar-refractivity contribution < 1.29 is 18.0 Å². The maximum absolute atomic E-state index is 13.2. The van der Waals surface area contributed by atoms with Gasteiger partial charge in [-0.2, -0.15) is 0 Å². The van der Waals surface area contributed by atoms with Gasteiger partial charge in [-0.1, -0.05) is 65.3 Å². The molecular weight excluding hydrogens is 471 g/mol. The number of carbonyl (C=O) groups excluding carboxylic acids is 1. The molecule has 1 saturated carbocycles. The second-order valence-electron chi connectivity index (χ2n) is 6.81. The summed E-state index contributed by atoms with van der Waals surface area (Å²) in [6, 6.07) is 9.97. The van der Waals surface area contributed by atoms with Crippen molar-refractivity contribution in [2.45, 2.75) is 43.0 Å². The topological polar surface area (TPSA) is 84.8 Å². The van der Waals surface area contributed by atoms with Gasteiger partial charge in [0.15, 0.2) is 0 Å². The molecule has 0 spiro atoms. The molecule has 30 heavy (non-hydrogen) atoms. The van der Waals surface area contributed by atoms with Gasteiger partial charge >= 0.3 is 6.09 Å². The summed E-state index contributed by atoms with van der Waals surface area (Å²) in [6.45, 7) is 0. The SMILES string of the molecule is O=C(NC1CCCCC1)O/N=C(\c1c(Cl)cccc1Cl)S(=O)(=O)c1ccc(Cl)cc1. The Kier molecular flexibility index (Phi) is 7.63. The van der Waals surface area contributed by atoms with E-state index in [1.165, 1.54) is 36.4 Å². The normalized spacial score (nSPS) is 15.6. The molecule has 10 heteroatoms. The molecule has 0 aliphatic heterocycles. The molecule has 0 saturated heterocycles. The first-order valence-electron chi connectivity index (χ1n) is 9.29. The van der Waals surface area contributed by atoms with Crippen LogP contribution < -0.4 is 5.32 Å². The third kappa shape index (κ3) is 5.46. The zero-order valence-corrected chi connectivity index (χ0v) is 18.9. The summed E-state index contributed by atoms with van der Waals surface area (Å²) in [4.78, 5) is 17.0. The number of sulfone groups is 1. The molecule has 160 valence electrons. The Balaban J connectivity index is 1.96. The summed E-state index contributed by atoms with van der Waals surface area (Å²) in [7, 11) is -4.23. The summed E-state index contributed by atoms with van der Waals surface area (Å²) >= 11 is 18.3. The number of hydrogen-bond acceptors (Lipinski definition) is 5. The standard InChI is InChI=1S/C20H19Cl3N2O4S/c21-13-9-11-15(12-10-13)30(27,28)19(18-16(22)7-4-8-17(18)23)25-29-20(26)24-14-5-2-1-3-6-14/h4,7-12,14H,1-3,5-6H2,(H,24,26)/b25-19+. The third-order valence-electron chi connectivity index (χ3n) is 4.69. The van der Waals surface area contributed by atoms with E-state index in [0.29, 0.717) is 5.02 Å². The lowest BCUT2D eigenvalue weighted by Crippen LogP contribution is -2.36. The highest BCUT2D eigenvalue weighted by atomic mass is 35.5. The monoisotopic (exact) mass is 488 g/mol. The highest BCUT2D eigenvalue weighted by Gasteiger charge is 2.30. The summed E-state index contributed by atoms with van der Waals surface area (Å²) in [5, 5.41) is 6.27. The number of benzene rings is 2. The van der Waals surface area contributed by atoms with Crippen LogP contribution in [0.1, 0.15) is 37.7 Å². The first-order valence-corrected chi connectivity index (χ1v) is 11.9. The van der Waals surface area contributed by atoms with Gasteiger partial charge in [-0.05, 0) is 49.2 Å². The Morgan fingerprint density at radius 1 is 0.967 bits per heavy atom. The van der Waals surface area contributed by atoms with Crippen LogP contribution in [0.5, 0.6) is 0 Å². The molecule has 0 radical (unpaired) electrons. The van der Waals surface area contributed by atoms with Crippen molar-refractivity contribution in [1.82, 2.24) is 5.32 Å². The van der Waals surface area contributed by atoms with E-state index in [4.69, 9.17) is 39.6 Å². The largest absolute Gasteiger partial charge is 0.433 e. The molecule has 1 aliphatic carbocycles. The minimum absolute atomic E-state index is 0.0262. The van der Waals surface area contributed by atoms with Gasteiger partial charge in [-0.25, -0.2) is 13.2 Å². The predicted octanol–water partition coefficient (Wildman–Crippen LogP) is 5.84. The van der Waals surface area contributed by atoms with Crippen LogP contribution in [-0.2, 0) is 14.7 Å². The average molecular weight is 490 g/mol. The van der Waals surface area contributed by atoms with Crippen LogP contribution in [0.3, 0.4) is 0 Å². The van der Waals surface area contributed by atoms with Crippen molar-refractivity contribution in [3.05, 3.63) is 63.1 Å². The minimum Gasteiger partial charge on any atom is -0.317 e. The lowest BCUT2D eigenvalue weighted by Gasteiger charge is -2.21. The predicted molar refractivity (Wildman–Crippen MR) is 118 cm³/mol. The van der Waals surface area contributed by atoms with E-state index in [2.05, 4.69) is 10.5 Å². The van der Waals surface area contributed by atoms with E-state index < -0.39 is 21.0 Å². The fourth-order valence-electron chi connectivity index (χ4n) is 3.18. The molecule has 2 aromatic rings. The van der Waals surface area contributed by atoms with E-state index in [0.717, 1.165) is 32.1 Å². The van der Waals surface area contributed by atoms with Gasteiger partial charge in [0.2, 0.25) is 14.9 Å². The van der Waals surface area contributed by atoms with Gasteiger partial charge in [0.1, 0.15) is 0 Å². The van der Waals surface area contributed by atoms with Crippen molar-refractivity contribution in [2.75, 3.05) is 0 Å². The van der Waals surface area contributed by atoms with Crippen LogP contribution in [0.2, 0.25) is 15.1 Å². The molecule has 6 nitrogen and oxygen atoms in total. The molecule has 1 fully saturated rings. The first kappa shape index (κ1) is 22.9. The Morgan fingerprint density at radius 3 is 2.17 bits per heavy atom. The van der Waals surface area contributed by atoms with Gasteiger partial charge in [0.25, 0.3) is 0 Å². The van der Waals surface area contributed by atoms with Crippen molar-refractivity contribution in [1.29, 1.82) is 0 Å². The minimum atomic E-state index is -4.23. The van der Waals surface area contributed by atoms with E-state index in [9.17, 15) is 13.2 Å². The molecule has 3 rings (SSSR count). The summed E-state index contributed by atoms with van der Waals surface area (Å²) in [5.41, 5.74) is -0.0544. The van der Waals surface area contributed by atoms with Crippen LogP contribution in [-0.4, -0.2) is 25.6 Å². The fraction of sp³-hybridized carbons (Fsp3) is 0.300. The number of hydrogen-bond donors (Lipinski definition) is 1. The second-order valence-corrected chi connectivity index (χ2v) is 9.92. The molecule has 2 aromatic carbocycles. The molecule has 1 amide bonds. The van der Waals surface area contributed by atoms with E-state index >= 15 is 0 Å². The van der Waals surface area contributed by atoms with Crippen molar-refractivity contribution in [3.63, 3.8) is 0 Å². The third-order valence-corrected chi connectivity index (χ3v) is 7.26. The molecule has 0 unspecified atom stereocenters. The lowest BCUT2D eigenvalue weighted by atomic mass is 9.96. The number of halogens is 3. The highest BCUT2D eigenvalue weighted by Crippen LogP contribution is 2.30. The van der Waals surface area contributed by atoms with Gasteiger partial charge in [0, 0.05) is 11.1 Å². The fourth-order valence-corrected chi connectivity index (χ4v) is 5.34. The summed E-state index contributed by atoms with van der Waals surface area (Å²) in [5.74, 6) is 0. The first-order chi connectivity index (χ1) is 14.3. The number of nitrogens with one attached hydrogen (secondary N) is 1. The number of amides is 1. The Bertz CT molecular complexity index is 1030. The van der Waals surface area contributed by atoms with Crippen LogP contribution in [0.15, 0.2) is 52.5 Å². The average Bonchev–Trinajstić information content (AvgIpc) is 2.71. The molecule has 0 bridgehead atoms. The zero-order valence-electron chi connectivity index (χ0n) is 15.8. The van der Waals surface area contributed by atoms with Crippen molar-refractivity contribution in [3.8, 4) is 0 Å². The number of carbonyl (C=O) groups is 1. The molecular formula is C20H19Cl3N2O4S. The van der Waals surface area contributed by atoms with Gasteiger partial charge < -0.3 is 5.32 Å². The van der Waals surface area contributed by atoms with Crippen LogP contribution in [0, 0.1) is 0 Å². The molecule has 1 N–H and O–H groups in total. The van der Waals surface area contributed by atoms with Crippen LogP contribution >= 0.6 is 34.8 Å². The van der Waals surface area contributed by atoms with Crippen LogP contribution in [0.25, 0.3) is 0 Å². The number of oxime groups is 1. The summed E-state index contributed by atoms with van der Waals surface area (Å²) < 4.78 is 26.5. The maximum Gasteiger partial charge on any atom is 0.433 e. The van der Waals surface area contributed by atoms with E-state index in [-0.39, 0.29) is 26.5 Å². The van der Waals surface area contributed by atoms with Gasteiger partial charge in [-0.3, -0.25) is 4.84 Å². The van der Waals surface area contributed by atoms with E-state index in [1.54, 1.807) is 6.07 Å². The van der Waals surface area contributed by atoms with Gasteiger partial charge in [-0.15, -0.1) is 0 Å². The number of rotatable bonds is 4. The molecule has 0 aromatic heterocycles. The zero-order chi connectivity index (χ0) is 21.7. The Labute approximate surface area is 190 Å². The number of nitrogens with zero attached hydrogens (tertiary/aromatic N) is 1. The molecule has 0 heterocycles. The lowest BCUT2D eigenvalue weighted by molar-refractivity contribution is 0.144. The van der Waals surface area contributed by atoms with Gasteiger partial charge in [0.05, 0.1) is 20.5 Å². The quantitative estimate of drug-likeness (QED) is 0.253. The second kappa shape index (κ2) is 10.0. The Hall–Kier alpha value is -1.80. The van der Waals surface area contributed by atoms with Crippen molar-refractivity contribution >= 4 is 55.8 Å². The smallest absolute Gasteiger partial charge is 0.317 e. The molecule has 0 atom stereocenters.